The molecule has 8 nitrogen and oxygen atoms in total. The molecule has 5 rings (SSSR count). The number of nitrogens with zero attached hydrogens (tertiary/aromatic N) is 4. The van der Waals surface area contributed by atoms with E-state index >= 15 is 0 Å². The number of pyridine rings is 1. The molecular weight excluding hydrogens is 533 g/mol. The fraction of sp³-hybridized carbons (Fsp3) is 0.333. The van der Waals surface area contributed by atoms with Crippen molar-refractivity contribution in [2.45, 2.75) is 45.8 Å². The van der Waals surface area contributed by atoms with E-state index in [9.17, 15) is 22.8 Å². The second-order valence-electron chi connectivity index (χ2n) is 8.95. The van der Waals surface area contributed by atoms with Crippen LogP contribution in [0.5, 0.6) is 0 Å². The van der Waals surface area contributed by atoms with Crippen molar-refractivity contribution in [3.05, 3.63) is 64.9 Å². The first-order chi connectivity index (χ1) is 18.4. The lowest BCUT2D eigenvalue weighted by Crippen LogP contribution is -2.33. The predicted octanol–water partition coefficient (Wildman–Crippen LogP) is 5.66. The first-order valence-electron chi connectivity index (χ1n) is 12.3. The molecule has 39 heavy (non-hydrogen) atoms. The topological polar surface area (TPSA) is 120 Å². The molecule has 0 bridgehead atoms. The van der Waals surface area contributed by atoms with Crippen LogP contribution in [-0.2, 0) is 17.5 Å². The Hall–Kier alpha value is -3.86. The molecule has 0 aliphatic carbocycles. The lowest BCUT2D eigenvalue weighted by Gasteiger charge is -2.24. The van der Waals surface area contributed by atoms with Gasteiger partial charge in [0, 0.05) is 59.8 Å². The normalized spacial score (nSPS) is 13.3. The molecule has 0 spiro atoms. The van der Waals surface area contributed by atoms with Gasteiger partial charge in [-0.05, 0) is 68.7 Å². The number of likely N-dealkylation sites (tertiary alicyclic amines) is 1. The van der Waals surface area contributed by atoms with Crippen LogP contribution >= 0.6 is 11.6 Å². The minimum atomic E-state index is -4.50. The van der Waals surface area contributed by atoms with Crippen LogP contribution in [0.4, 0.5) is 18.9 Å². The standard InChI is InChI=1S/C10H6ClF3N2.C10H11N3O.C7H13NO/c11-5-1-2-8-6(3-5)7(15)4-9(16-8)10(12,13)14;1-2-13-6-8-5-7(10(11)14)3-4-9(8)12-13;1-7(9)8-5-3-2-4-6-8/h1-4H,(H2,15,16);3-6H,2H2,1H3,(H2,11,14);2-6H2,1H3. The number of nitrogens with two attached hydrogens (primary N) is 2. The molecule has 2 amide bonds. The average Bonchev–Trinajstić information content (AvgIpc) is 3.32. The Bertz CT molecular complexity index is 1470. The number of piperidine rings is 1. The van der Waals surface area contributed by atoms with Crippen molar-refractivity contribution in [3.8, 4) is 0 Å². The summed E-state index contributed by atoms with van der Waals surface area (Å²) in [6.07, 6.45) is 1.09. The van der Waals surface area contributed by atoms with Gasteiger partial charge >= 0.3 is 6.18 Å². The molecule has 0 saturated carbocycles. The van der Waals surface area contributed by atoms with Gasteiger partial charge in [-0.25, -0.2) is 4.98 Å². The number of primary amides is 1. The molecule has 2 aromatic carbocycles. The van der Waals surface area contributed by atoms with Gasteiger partial charge < -0.3 is 16.4 Å². The number of fused-ring (bicyclic) bond motifs is 2. The smallest absolute Gasteiger partial charge is 0.398 e. The first-order valence-corrected chi connectivity index (χ1v) is 12.7. The van der Waals surface area contributed by atoms with Crippen LogP contribution in [0, 0.1) is 0 Å². The Kier molecular flexibility index (Phi) is 9.74. The highest BCUT2D eigenvalue weighted by Gasteiger charge is 2.33. The van der Waals surface area contributed by atoms with Crippen LogP contribution in [-0.4, -0.2) is 44.6 Å². The zero-order valence-corrected chi connectivity index (χ0v) is 22.4. The number of benzene rings is 2. The molecule has 1 saturated heterocycles. The summed E-state index contributed by atoms with van der Waals surface area (Å²) in [5, 5.41) is 6.06. The molecule has 3 heterocycles. The summed E-state index contributed by atoms with van der Waals surface area (Å²) in [7, 11) is 0. The minimum Gasteiger partial charge on any atom is -0.398 e. The van der Waals surface area contributed by atoms with Crippen LogP contribution in [0.2, 0.25) is 5.02 Å². The molecular formula is C27H30ClF3N6O2. The lowest BCUT2D eigenvalue weighted by atomic mass is 10.1. The number of amides is 2. The Labute approximate surface area is 228 Å². The van der Waals surface area contributed by atoms with Gasteiger partial charge in [0.05, 0.1) is 11.0 Å². The maximum atomic E-state index is 12.4. The van der Waals surface area contributed by atoms with Crippen molar-refractivity contribution in [3.63, 3.8) is 0 Å². The molecule has 2 aromatic heterocycles. The zero-order valence-electron chi connectivity index (χ0n) is 21.6. The maximum absolute atomic E-state index is 12.4. The van der Waals surface area contributed by atoms with E-state index in [2.05, 4.69) is 10.1 Å². The van der Waals surface area contributed by atoms with E-state index in [-0.39, 0.29) is 17.1 Å². The van der Waals surface area contributed by atoms with E-state index in [1.807, 2.05) is 28.8 Å². The lowest BCUT2D eigenvalue weighted by molar-refractivity contribution is -0.141. The summed E-state index contributed by atoms with van der Waals surface area (Å²) in [6.45, 7) is 6.44. The van der Waals surface area contributed by atoms with E-state index < -0.39 is 17.8 Å². The number of carbonyl (C=O) groups excluding carboxylic acids is 2. The van der Waals surface area contributed by atoms with Crippen molar-refractivity contribution in [2.75, 3.05) is 18.8 Å². The van der Waals surface area contributed by atoms with Gasteiger partial charge in [0.15, 0.2) is 0 Å². The number of alkyl halides is 3. The monoisotopic (exact) mass is 562 g/mol. The SMILES string of the molecule is CC(=O)N1CCCCC1.CCn1cc2cc(C(N)=O)ccc2n1.Nc1cc(C(F)(F)F)nc2ccc(Cl)cc12. The number of hydrogen-bond donors (Lipinski definition) is 2. The van der Waals surface area contributed by atoms with Crippen molar-refractivity contribution in [2.24, 2.45) is 5.73 Å². The summed E-state index contributed by atoms with van der Waals surface area (Å²) in [5.41, 5.74) is 11.3. The highest BCUT2D eigenvalue weighted by molar-refractivity contribution is 6.31. The molecule has 1 fully saturated rings. The number of aromatic nitrogens is 3. The second kappa shape index (κ2) is 12.8. The van der Waals surface area contributed by atoms with E-state index in [0.29, 0.717) is 16.0 Å². The number of aryl methyl sites for hydroxylation is 1. The van der Waals surface area contributed by atoms with Gasteiger partial charge in [0.25, 0.3) is 0 Å². The Morgan fingerprint density at radius 3 is 2.26 bits per heavy atom. The number of nitrogen functional groups attached to an aromatic ring is 1. The molecule has 0 radical (unpaired) electrons. The van der Waals surface area contributed by atoms with E-state index in [4.69, 9.17) is 23.1 Å². The zero-order chi connectivity index (χ0) is 28.7. The average molecular weight is 563 g/mol. The van der Waals surface area contributed by atoms with Gasteiger partial charge in [0.2, 0.25) is 11.8 Å². The third kappa shape index (κ3) is 8.06. The number of anilines is 1. The third-order valence-corrected chi connectivity index (χ3v) is 6.29. The highest BCUT2D eigenvalue weighted by Crippen LogP contribution is 2.32. The maximum Gasteiger partial charge on any atom is 0.433 e. The molecule has 0 unspecified atom stereocenters. The first kappa shape index (κ1) is 29.7. The Morgan fingerprint density at radius 1 is 1.03 bits per heavy atom. The van der Waals surface area contributed by atoms with Crippen molar-refractivity contribution < 1.29 is 22.8 Å². The van der Waals surface area contributed by atoms with Crippen molar-refractivity contribution >= 4 is 50.9 Å². The van der Waals surface area contributed by atoms with Crippen molar-refractivity contribution in [1.82, 2.24) is 19.7 Å². The fourth-order valence-corrected chi connectivity index (χ4v) is 4.14. The third-order valence-electron chi connectivity index (χ3n) is 6.05. The number of halogens is 4. The minimum absolute atomic E-state index is 0.0137. The van der Waals surface area contributed by atoms with Crippen LogP contribution in [0.3, 0.4) is 0 Å². The van der Waals surface area contributed by atoms with Crippen LogP contribution in [0.15, 0.2) is 48.7 Å². The summed E-state index contributed by atoms with van der Waals surface area (Å²) >= 11 is 5.71. The summed E-state index contributed by atoms with van der Waals surface area (Å²) in [6, 6.07) is 10.4. The molecule has 0 atom stereocenters. The Morgan fingerprint density at radius 2 is 1.69 bits per heavy atom. The van der Waals surface area contributed by atoms with Gasteiger partial charge in [-0.3, -0.25) is 14.3 Å². The fourth-order valence-electron chi connectivity index (χ4n) is 3.97. The molecule has 4 N–H and O–H groups in total. The van der Waals surface area contributed by atoms with E-state index in [1.165, 1.54) is 37.5 Å². The quantitative estimate of drug-likeness (QED) is 0.326. The molecule has 1 aliphatic heterocycles. The number of carbonyl (C=O) groups is 2. The van der Waals surface area contributed by atoms with Crippen LogP contribution in [0.1, 0.15) is 49.2 Å². The molecule has 4 aromatic rings. The molecule has 12 heteroatoms. The Balaban J connectivity index is 0.000000168. The van der Waals surface area contributed by atoms with Gasteiger partial charge in [0.1, 0.15) is 5.69 Å². The highest BCUT2D eigenvalue weighted by atomic mass is 35.5. The summed E-state index contributed by atoms with van der Waals surface area (Å²) in [4.78, 5) is 27.0. The molecule has 208 valence electrons. The number of hydrogen-bond acceptors (Lipinski definition) is 5. The van der Waals surface area contributed by atoms with Crippen LogP contribution < -0.4 is 11.5 Å². The summed E-state index contributed by atoms with van der Waals surface area (Å²) in [5.74, 6) is -0.175. The largest absolute Gasteiger partial charge is 0.433 e. The van der Waals surface area contributed by atoms with Gasteiger partial charge in [-0.15, -0.1) is 0 Å². The number of rotatable bonds is 2. The predicted molar refractivity (Wildman–Crippen MR) is 146 cm³/mol. The molecule has 1 aliphatic rings. The summed E-state index contributed by atoms with van der Waals surface area (Å²) < 4.78 is 39.1. The van der Waals surface area contributed by atoms with Gasteiger partial charge in [-0.1, -0.05) is 11.6 Å². The van der Waals surface area contributed by atoms with Gasteiger partial charge in [-0.2, -0.15) is 18.3 Å². The van der Waals surface area contributed by atoms with E-state index in [0.717, 1.165) is 36.6 Å². The van der Waals surface area contributed by atoms with E-state index in [1.54, 1.807) is 19.1 Å². The second-order valence-corrected chi connectivity index (χ2v) is 9.38. The van der Waals surface area contributed by atoms with Crippen molar-refractivity contribution in [1.29, 1.82) is 0 Å². The van der Waals surface area contributed by atoms with Crippen LogP contribution in [0.25, 0.3) is 21.8 Å².